The van der Waals surface area contributed by atoms with Gasteiger partial charge in [0.05, 0.1) is 19.3 Å². The molecule has 0 fully saturated rings. The molecule has 0 aliphatic heterocycles. The second-order valence-corrected chi connectivity index (χ2v) is 3.41. The van der Waals surface area contributed by atoms with Gasteiger partial charge < -0.3 is 14.9 Å². The van der Waals surface area contributed by atoms with Gasteiger partial charge in [-0.15, -0.1) is 6.58 Å². The molecule has 0 aromatic heterocycles. The highest BCUT2D eigenvalue weighted by atomic mass is 16.5. The Hall–Kier alpha value is -0.380. The molecular weight excluding hydrogens is 180 g/mol. The lowest BCUT2D eigenvalue weighted by Gasteiger charge is -2.21. The monoisotopic (exact) mass is 202 g/mol. The van der Waals surface area contributed by atoms with Crippen LogP contribution < -0.4 is 0 Å². The summed E-state index contributed by atoms with van der Waals surface area (Å²) in [6.07, 6.45) is 4.71. The van der Waals surface area contributed by atoms with Crippen molar-refractivity contribution in [2.24, 2.45) is 0 Å². The standard InChI is InChI=1S/C11H22O3/c1-3-5-6-7-11(10(13)9-12)14-8-4-2/h4,10-13H,2-3,5-9H2,1H3. The average Bonchev–Trinajstić information content (AvgIpc) is 2.22. The van der Waals surface area contributed by atoms with E-state index in [0.717, 1.165) is 25.7 Å². The number of rotatable bonds is 9. The molecule has 2 N–H and O–H groups in total. The maximum absolute atomic E-state index is 9.43. The Morgan fingerprint density at radius 1 is 1.43 bits per heavy atom. The molecule has 0 aromatic carbocycles. The molecule has 2 unspecified atom stereocenters. The lowest BCUT2D eigenvalue weighted by atomic mass is 10.1. The van der Waals surface area contributed by atoms with Gasteiger partial charge >= 0.3 is 0 Å². The van der Waals surface area contributed by atoms with Gasteiger partial charge in [0, 0.05) is 0 Å². The third-order valence-electron chi connectivity index (χ3n) is 2.14. The lowest BCUT2D eigenvalue weighted by molar-refractivity contribution is -0.0534. The van der Waals surface area contributed by atoms with Crippen molar-refractivity contribution >= 4 is 0 Å². The van der Waals surface area contributed by atoms with E-state index in [1.807, 2.05) is 0 Å². The van der Waals surface area contributed by atoms with Crippen molar-refractivity contribution in [3.05, 3.63) is 12.7 Å². The van der Waals surface area contributed by atoms with Crippen molar-refractivity contribution in [1.29, 1.82) is 0 Å². The molecule has 0 aromatic rings. The second-order valence-electron chi connectivity index (χ2n) is 3.41. The van der Waals surface area contributed by atoms with E-state index in [2.05, 4.69) is 13.5 Å². The van der Waals surface area contributed by atoms with Crippen molar-refractivity contribution in [3.63, 3.8) is 0 Å². The molecule has 0 aliphatic rings. The first-order chi connectivity index (χ1) is 6.76. The molecule has 3 heteroatoms. The maximum Gasteiger partial charge on any atom is 0.103 e. The Balaban J connectivity index is 3.77. The number of ether oxygens (including phenoxy) is 1. The normalized spacial score (nSPS) is 15.1. The molecule has 14 heavy (non-hydrogen) atoms. The van der Waals surface area contributed by atoms with Gasteiger partial charge in [-0.25, -0.2) is 0 Å². The minimum atomic E-state index is -0.771. The first-order valence-electron chi connectivity index (χ1n) is 5.27. The smallest absolute Gasteiger partial charge is 0.103 e. The van der Waals surface area contributed by atoms with E-state index in [1.165, 1.54) is 0 Å². The Morgan fingerprint density at radius 2 is 2.14 bits per heavy atom. The predicted molar refractivity (Wildman–Crippen MR) is 57.2 cm³/mol. The van der Waals surface area contributed by atoms with Gasteiger partial charge in [-0.3, -0.25) is 0 Å². The van der Waals surface area contributed by atoms with Crippen molar-refractivity contribution in [1.82, 2.24) is 0 Å². The van der Waals surface area contributed by atoms with Crippen molar-refractivity contribution in [2.75, 3.05) is 13.2 Å². The molecule has 0 radical (unpaired) electrons. The van der Waals surface area contributed by atoms with E-state index in [9.17, 15) is 5.11 Å². The minimum Gasteiger partial charge on any atom is -0.394 e. The number of unbranched alkanes of at least 4 members (excludes halogenated alkanes) is 2. The number of hydrogen-bond acceptors (Lipinski definition) is 3. The van der Waals surface area contributed by atoms with E-state index >= 15 is 0 Å². The molecule has 0 bridgehead atoms. The van der Waals surface area contributed by atoms with E-state index in [-0.39, 0.29) is 12.7 Å². The van der Waals surface area contributed by atoms with Gasteiger partial charge in [0.2, 0.25) is 0 Å². The molecule has 0 spiro atoms. The minimum absolute atomic E-state index is 0.242. The van der Waals surface area contributed by atoms with Crippen LogP contribution in [0.5, 0.6) is 0 Å². The zero-order valence-corrected chi connectivity index (χ0v) is 8.98. The van der Waals surface area contributed by atoms with Crippen LogP contribution in [0.25, 0.3) is 0 Å². The molecule has 3 nitrogen and oxygen atoms in total. The Bertz CT molecular complexity index is 136. The molecule has 0 aliphatic carbocycles. The third-order valence-corrected chi connectivity index (χ3v) is 2.14. The van der Waals surface area contributed by atoms with Crippen LogP contribution in [0.2, 0.25) is 0 Å². The molecule has 0 saturated heterocycles. The van der Waals surface area contributed by atoms with Crippen LogP contribution >= 0.6 is 0 Å². The van der Waals surface area contributed by atoms with E-state index in [1.54, 1.807) is 6.08 Å². The summed E-state index contributed by atoms with van der Waals surface area (Å²) < 4.78 is 5.36. The molecule has 0 amide bonds. The quantitative estimate of drug-likeness (QED) is 0.440. The van der Waals surface area contributed by atoms with Crippen molar-refractivity contribution < 1.29 is 14.9 Å². The highest BCUT2D eigenvalue weighted by molar-refractivity contribution is 4.72. The van der Waals surface area contributed by atoms with Gasteiger partial charge in [-0.1, -0.05) is 32.3 Å². The highest BCUT2D eigenvalue weighted by Crippen LogP contribution is 2.10. The first-order valence-corrected chi connectivity index (χ1v) is 5.27. The van der Waals surface area contributed by atoms with Crippen molar-refractivity contribution in [2.45, 2.75) is 44.8 Å². The molecule has 0 rings (SSSR count). The van der Waals surface area contributed by atoms with Crippen LogP contribution in [0.3, 0.4) is 0 Å². The summed E-state index contributed by atoms with van der Waals surface area (Å²) in [6, 6.07) is 0. The zero-order valence-electron chi connectivity index (χ0n) is 8.98. The SMILES string of the molecule is C=CCOC(CCCCC)C(O)CO. The molecule has 2 atom stereocenters. The Labute approximate surface area is 86.4 Å². The van der Waals surface area contributed by atoms with E-state index in [0.29, 0.717) is 6.61 Å². The second kappa shape index (κ2) is 9.19. The van der Waals surface area contributed by atoms with E-state index < -0.39 is 6.10 Å². The average molecular weight is 202 g/mol. The Kier molecular flexibility index (Phi) is 8.94. The third kappa shape index (κ3) is 6.13. The van der Waals surface area contributed by atoms with Gasteiger partial charge in [-0.05, 0) is 6.42 Å². The number of aliphatic hydroxyl groups excluding tert-OH is 2. The van der Waals surface area contributed by atoms with Crippen LogP contribution in [-0.4, -0.2) is 35.6 Å². The molecule has 84 valence electrons. The lowest BCUT2D eigenvalue weighted by Crippen LogP contribution is -2.32. The fourth-order valence-electron chi connectivity index (χ4n) is 1.29. The zero-order chi connectivity index (χ0) is 10.8. The summed E-state index contributed by atoms with van der Waals surface area (Å²) in [5.74, 6) is 0. The van der Waals surface area contributed by atoms with Crippen LogP contribution in [0.4, 0.5) is 0 Å². The fourth-order valence-corrected chi connectivity index (χ4v) is 1.29. The van der Waals surface area contributed by atoms with Crippen LogP contribution in [0.15, 0.2) is 12.7 Å². The summed E-state index contributed by atoms with van der Waals surface area (Å²) in [4.78, 5) is 0. The summed E-state index contributed by atoms with van der Waals surface area (Å²) >= 11 is 0. The predicted octanol–water partition coefficient (Wildman–Crippen LogP) is 1.49. The van der Waals surface area contributed by atoms with Crippen LogP contribution in [0, 0.1) is 0 Å². The van der Waals surface area contributed by atoms with E-state index in [4.69, 9.17) is 9.84 Å². The van der Waals surface area contributed by atoms with Crippen LogP contribution in [-0.2, 0) is 4.74 Å². The maximum atomic E-state index is 9.43. The Morgan fingerprint density at radius 3 is 2.64 bits per heavy atom. The topological polar surface area (TPSA) is 49.7 Å². The van der Waals surface area contributed by atoms with Gasteiger partial charge in [0.15, 0.2) is 0 Å². The van der Waals surface area contributed by atoms with Crippen molar-refractivity contribution in [3.8, 4) is 0 Å². The van der Waals surface area contributed by atoms with Gasteiger partial charge in [0.1, 0.15) is 6.10 Å². The number of aliphatic hydroxyl groups is 2. The summed E-state index contributed by atoms with van der Waals surface area (Å²) in [7, 11) is 0. The first kappa shape index (κ1) is 13.6. The summed E-state index contributed by atoms with van der Waals surface area (Å²) in [5, 5.41) is 18.2. The largest absolute Gasteiger partial charge is 0.394 e. The molecule has 0 saturated carbocycles. The number of hydrogen-bond donors (Lipinski definition) is 2. The van der Waals surface area contributed by atoms with Crippen LogP contribution in [0.1, 0.15) is 32.6 Å². The fraction of sp³-hybridized carbons (Fsp3) is 0.818. The van der Waals surface area contributed by atoms with Gasteiger partial charge in [0.25, 0.3) is 0 Å². The molecular formula is C11H22O3. The summed E-state index contributed by atoms with van der Waals surface area (Å²) in [5.41, 5.74) is 0. The van der Waals surface area contributed by atoms with Gasteiger partial charge in [-0.2, -0.15) is 0 Å². The summed E-state index contributed by atoms with van der Waals surface area (Å²) in [6.45, 7) is 5.85. The molecule has 0 heterocycles. The highest BCUT2D eigenvalue weighted by Gasteiger charge is 2.17.